The van der Waals surface area contributed by atoms with Gasteiger partial charge in [0.15, 0.2) is 12.1 Å². The molecule has 4 saturated carbocycles. The number of hydrogen-bond donors (Lipinski definition) is 1. The first-order valence-electron chi connectivity index (χ1n) is 12.5. The molecule has 1 aromatic rings. The minimum atomic E-state index is -0.618. The van der Waals surface area contributed by atoms with Crippen LogP contribution in [0.15, 0.2) is 6.33 Å². The predicted molar refractivity (Wildman–Crippen MR) is 115 cm³/mol. The molecule has 0 unspecified atom stereocenters. The van der Waals surface area contributed by atoms with Gasteiger partial charge >= 0.3 is 0 Å². The first-order chi connectivity index (χ1) is 14.9. The summed E-state index contributed by atoms with van der Waals surface area (Å²) >= 11 is 0. The van der Waals surface area contributed by atoms with Crippen LogP contribution >= 0.6 is 0 Å². The summed E-state index contributed by atoms with van der Waals surface area (Å²) in [7, 11) is 0. The van der Waals surface area contributed by atoms with Crippen LogP contribution in [0.2, 0.25) is 0 Å². The van der Waals surface area contributed by atoms with E-state index in [1.165, 1.54) is 36.8 Å². The smallest absolute Gasteiger partial charge is 0.162 e. The quantitative estimate of drug-likeness (QED) is 0.745. The van der Waals surface area contributed by atoms with E-state index in [1.54, 1.807) is 0 Å². The molecule has 0 aliphatic heterocycles. The van der Waals surface area contributed by atoms with Crippen molar-refractivity contribution in [3.05, 3.63) is 6.33 Å². The molecule has 31 heavy (non-hydrogen) atoms. The molecule has 5 rings (SSSR count). The number of nitrogens with zero attached hydrogens (tertiary/aromatic N) is 4. The number of rotatable bonds is 6. The Morgan fingerprint density at radius 3 is 2.74 bits per heavy atom. The largest absolute Gasteiger partial charge is 0.387 e. The lowest BCUT2D eigenvalue weighted by molar-refractivity contribution is -0.138. The Kier molecular flexibility index (Phi) is 5.70. The number of carbonyl (C=O) groups is 1. The van der Waals surface area contributed by atoms with Crippen molar-refractivity contribution in [3.8, 4) is 0 Å². The molecule has 172 valence electrons. The summed E-state index contributed by atoms with van der Waals surface area (Å²) in [6.45, 7) is 5.82. The molecule has 0 aromatic carbocycles. The number of ketones is 1. The number of ether oxygens (including phenoxy) is 1. The maximum absolute atomic E-state index is 13.2. The standard InChI is InChI=1S/C24H38N4O3/c1-3-31-14-24(30)11-9-17-16(12-24)4-5-19-18(17)8-10-23(2)20(19)6-7-21(23)22(29)13-28-26-15-25-27-28/h15-21,30H,3-14H2,1-2H3/t16-,17-,18+,19+,20-,21+,23-,24+/m0/s1. The van der Waals surface area contributed by atoms with Gasteiger partial charge < -0.3 is 9.84 Å². The van der Waals surface area contributed by atoms with Gasteiger partial charge in [0.2, 0.25) is 0 Å². The zero-order chi connectivity index (χ0) is 21.6. The molecule has 1 heterocycles. The highest BCUT2D eigenvalue weighted by molar-refractivity contribution is 5.81. The molecule has 0 bridgehead atoms. The van der Waals surface area contributed by atoms with E-state index in [9.17, 15) is 9.90 Å². The number of Topliss-reactive ketones (excluding diaryl/α,β-unsaturated/α-hetero) is 1. The topological polar surface area (TPSA) is 90.1 Å². The Bertz CT molecular complexity index is 786. The van der Waals surface area contributed by atoms with Crippen LogP contribution in [0.1, 0.15) is 71.6 Å². The van der Waals surface area contributed by atoms with Crippen LogP contribution in [0, 0.1) is 40.9 Å². The molecule has 4 aliphatic carbocycles. The molecule has 1 N–H and O–H groups in total. The van der Waals surface area contributed by atoms with E-state index >= 15 is 0 Å². The zero-order valence-electron chi connectivity index (χ0n) is 19.1. The number of tetrazole rings is 1. The number of carbonyl (C=O) groups excluding carboxylic acids is 1. The van der Waals surface area contributed by atoms with Gasteiger partial charge in [0.05, 0.1) is 12.2 Å². The summed E-state index contributed by atoms with van der Waals surface area (Å²) in [4.78, 5) is 14.6. The van der Waals surface area contributed by atoms with Gasteiger partial charge in [-0.05, 0) is 105 Å². The Hall–Kier alpha value is -1.34. The lowest BCUT2D eigenvalue weighted by atomic mass is 9.49. The van der Waals surface area contributed by atoms with Crippen molar-refractivity contribution in [1.29, 1.82) is 0 Å². The number of aromatic nitrogens is 4. The first kappa shape index (κ1) is 21.5. The van der Waals surface area contributed by atoms with Crippen molar-refractivity contribution < 1.29 is 14.6 Å². The van der Waals surface area contributed by atoms with Crippen molar-refractivity contribution in [1.82, 2.24) is 20.2 Å². The highest BCUT2D eigenvalue weighted by Gasteiger charge is 2.59. The second-order valence-corrected chi connectivity index (χ2v) is 11.1. The van der Waals surface area contributed by atoms with Crippen LogP contribution < -0.4 is 0 Å². The average Bonchev–Trinajstić information content (AvgIpc) is 3.39. The van der Waals surface area contributed by atoms with Crippen LogP contribution in [-0.4, -0.2) is 49.9 Å². The van der Waals surface area contributed by atoms with Crippen molar-refractivity contribution in [2.24, 2.45) is 40.9 Å². The van der Waals surface area contributed by atoms with E-state index in [-0.39, 0.29) is 23.7 Å². The van der Waals surface area contributed by atoms with Gasteiger partial charge in [-0.3, -0.25) is 4.79 Å². The molecule has 4 fully saturated rings. The molecule has 0 amide bonds. The van der Waals surface area contributed by atoms with Crippen molar-refractivity contribution in [2.75, 3.05) is 13.2 Å². The van der Waals surface area contributed by atoms with Crippen LogP contribution in [-0.2, 0) is 16.1 Å². The van der Waals surface area contributed by atoms with Crippen molar-refractivity contribution in [2.45, 2.75) is 83.8 Å². The van der Waals surface area contributed by atoms with E-state index in [0.717, 1.165) is 49.9 Å². The second-order valence-electron chi connectivity index (χ2n) is 11.1. The molecular weight excluding hydrogens is 392 g/mol. The zero-order valence-corrected chi connectivity index (χ0v) is 19.1. The van der Waals surface area contributed by atoms with Crippen LogP contribution in [0.5, 0.6) is 0 Å². The minimum absolute atomic E-state index is 0.121. The number of aliphatic hydroxyl groups is 1. The summed E-state index contributed by atoms with van der Waals surface area (Å²) in [6, 6.07) is 0. The fourth-order valence-electron chi connectivity index (χ4n) is 8.43. The van der Waals surface area contributed by atoms with Crippen LogP contribution in [0.4, 0.5) is 0 Å². The number of fused-ring (bicyclic) bond motifs is 5. The highest BCUT2D eigenvalue weighted by atomic mass is 16.5. The summed E-state index contributed by atoms with van der Waals surface area (Å²) in [5.74, 6) is 3.99. The summed E-state index contributed by atoms with van der Waals surface area (Å²) in [6.07, 6.45) is 11.4. The molecule has 8 atom stereocenters. The Morgan fingerprint density at radius 2 is 1.97 bits per heavy atom. The van der Waals surface area contributed by atoms with E-state index in [0.29, 0.717) is 25.0 Å². The highest BCUT2D eigenvalue weighted by Crippen LogP contribution is 2.64. The number of hydrogen-bond acceptors (Lipinski definition) is 6. The minimum Gasteiger partial charge on any atom is -0.387 e. The van der Waals surface area contributed by atoms with Crippen molar-refractivity contribution >= 4 is 5.78 Å². The lowest BCUT2D eigenvalue weighted by Gasteiger charge is -2.57. The van der Waals surface area contributed by atoms with E-state index in [4.69, 9.17) is 4.74 Å². The predicted octanol–water partition coefficient (Wildman–Crippen LogP) is 3.28. The van der Waals surface area contributed by atoms with Gasteiger partial charge in [-0.1, -0.05) is 6.92 Å². The molecule has 0 radical (unpaired) electrons. The molecule has 1 aromatic heterocycles. The van der Waals surface area contributed by atoms with E-state index in [2.05, 4.69) is 22.3 Å². The third kappa shape index (κ3) is 3.75. The molecule has 7 nitrogen and oxygen atoms in total. The van der Waals surface area contributed by atoms with Gasteiger partial charge in [0.25, 0.3) is 0 Å². The average molecular weight is 431 g/mol. The summed E-state index contributed by atoms with van der Waals surface area (Å²) < 4.78 is 5.61. The SMILES string of the molecule is CCOC[C@@]1(O)CC[C@H]2[C@@H](CC[C@@H]3[C@@H]2CC[C@]2(C)[C@@H](C(=O)Cn4ncnn4)CC[C@@H]32)C1. The first-order valence-corrected chi connectivity index (χ1v) is 12.5. The molecular formula is C24H38N4O3. The van der Waals surface area contributed by atoms with Gasteiger partial charge in [-0.15, -0.1) is 10.2 Å². The molecule has 0 spiro atoms. The second kappa shape index (κ2) is 8.22. The summed E-state index contributed by atoms with van der Waals surface area (Å²) in [5.41, 5.74) is -0.497. The summed E-state index contributed by atoms with van der Waals surface area (Å²) in [5, 5.41) is 22.7. The third-order valence-electron chi connectivity index (χ3n) is 9.76. The van der Waals surface area contributed by atoms with Gasteiger partial charge in [0.1, 0.15) is 6.54 Å². The maximum atomic E-state index is 13.2. The normalized spacial score (nSPS) is 44.4. The molecule has 7 heteroatoms. The van der Waals surface area contributed by atoms with Gasteiger partial charge in [0, 0.05) is 12.5 Å². The lowest BCUT2D eigenvalue weighted by Crippen LogP contribution is -2.52. The molecule has 0 saturated heterocycles. The van der Waals surface area contributed by atoms with Gasteiger partial charge in [-0.25, -0.2) is 0 Å². The van der Waals surface area contributed by atoms with E-state index < -0.39 is 5.60 Å². The van der Waals surface area contributed by atoms with E-state index in [1.807, 2.05) is 6.92 Å². The van der Waals surface area contributed by atoms with Gasteiger partial charge in [-0.2, -0.15) is 4.80 Å². The fraction of sp³-hybridized carbons (Fsp3) is 0.917. The Labute approximate surface area is 185 Å². The Morgan fingerprint density at radius 1 is 1.13 bits per heavy atom. The maximum Gasteiger partial charge on any atom is 0.162 e. The molecule has 4 aliphatic rings. The van der Waals surface area contributed by atoms with Crippen LogP contribution in [0.25, 0.3) is 0 Å². The monoisotopic (exact) mass is 430 g/mol. The fourth-order valence-corrected chi connectivity index (χ4v) is 8.43. The third-order valence-corrected chi connectivity index (χ3v) is 9.76. The van der Waals surface area contributed by atoms with Crippen LogP contribution in [0.3, 0.4) is 0 Å². The van der Waals surface area contributed by atoms with Crippen molar-refractivity contribution in [3.63, 3.8) is 0 Å². The Balaban J connectivity index is 1.27.